The first-order chi connectivity index (χ1) is 13.9. The van der Waals surface area contributed by atoms with Gasteiger partial charge in [-0.05, 0) is 30.6 Å². The van der Waals surface area contributed by atoms with Crippen LogP contribution in [0, 0.1) is 11.8 Å². The third-order valence-corrected chi connectivity index (χ3v) is 9.57. The van der Waals surface area contributed by atoms with E-state index in [0.29, 0.717) is 0 Å². The number of aliphatic hydroxyl groups excluding tert-OH is 2. The van der Waals surface area contributed by atoms with Gasteiger partial charge in [-0.2, -0.15) is 0 Å². The van der Waals surface area contributed by atoms with Crippen LogP contribution in [0.25, 0.3) is 0 Å². The van der Waals surface area contributed by atoms with Crippen LogP contribution in [0.5, 0.6) is 0 Å². The maximum atomic E-state index is 11.1. The number of hydrogen-bond donors (Lipinski definition) is 6. The van der Waals surface area contributed by atoms with Crippen molar-refractivity contribution in [2.45, 2.75) is 70.4 Å². The van der Waals surface area contributed by atoms with Gasteiger partial charge in [-0.3, -0.25) is 19.2 Å². The zero-order valence-corrected chi connectivity index (χ0v) is 19.2. The largest absolute Gasteiger partial charge is 0.547 e. The van der Waals surface area contributed by atoms with Crippen LogP contribution in [0.2, 0.25) is 18.1 Å². The fourth-order valence-electron chi connectivity index (χ4n) is 2.35. The second-order valence-corrected chi connectivity index (χ2v) is 13.6. The van der Waals surface area contributed by atoms with E-state index in [1.165, 1.54) is 0 Å². The predicted octanol–water partition coefficient (Wildman–Crippen LogP) is 1.35. The van der Waals surface area contributed by atoms with Crippen molar-refractivity contribution in [1.29, 1.82) is 0 Å². The minimum absolute atomic E-state index is 0.00986. The topological polar surface area (TPSA) is 199 Å². The molecule has 2 atom stereocenters. The van der Waals surface area contributed by atoms with Crippen LogP contribution in [0.4, 0.5) is 0 Å². The fourth-order valence-corrected chi connectivity index (χ4v) is 3.46. The monoisotopic (exact) mass is 464 g/mol. The molecule has 0 saturated carbocycles. The average molecular weight is 465 g/mol. The molecule has 31 heavy (non-hydrogen) atoms. The Labute approximate surface area is 181 Å². The lowest BCUT2D eigenvalue weighted by molar-refractivity contribution is -0.157. The molecule has 0 aromatic heterocycles. The first-order valence-electron chi connectivity index (χ1n) is 9.56. The second kappa shape index (κ2) is 11.3. The van der Waals surface area contributed by atoms with Gasteiger partial charge >= 0.3 is 23.9 Å². The highest BCUT2D eigenvalue weighted by molar-refractivity contribution is 6.74. The lowest BCUT2D eigenvalue weighted by atomic mass is 9.98. The van der Waals surface area contributed by atoms with Gasteiger partial charge in [0.2, 0.25) is 8.32 Å². The Hall–Kier alpha value is -2.44. The third kappa shape index (κ3) is 9.49. The van der Waals surface area contributed by atoms with E-state index in [1.54, 1.807) is 0 Å². The SMILES string of the molecule is CC(C)(C)[Si](C)(C)OC(=C[C@@H](O)CC(C(=O)O)C(=O)O)C[C@@H](O)CC(C(=O)O)C(=O)O. The van der Waals surface area contributed by atoms with Crippen LogP contribution in [0.15, 0.2) is 11.8 Å². The van der Waals surface area contributed by atoms with E-state index in [0.717, 1.165) is 6.08 Å². The standard InChI is InChI=1S/C19H32O11Si/c1-19(2,3)31(4,5)30-12(6-10(20)8-13(15(22)23)16(24)25)7-11(21)9-14(17(26)27)18(28)29/h6,10-11,13-14,20-21H,7-9H2,1-5H3,(H,22,23)(H,24,25)(H,26,27)(H,28,29)/t10-,11-/m1/s1. The molecule has 0 rings (SSSR count). The summed E-state index contributed by atoms with van der Waals surface area (Å²) in [7, 11) is -2.52. The number of aliphatic hydroxyl groups is 2. The molecule has 0 aliphatic carbocycles. The highest BCUT2D eigenvalue weighted by atomic mass is 28.4. The lowest BCUT2D eigenvalue weighted by Crippen LogP contribution is -2.41. The molecule has 0 amide bonds. The number of carboxylic acids is 4. The molecule has 0 radical (unpaired) electrons. The summed E-state index contributed by atoms with van der Waals surface area (Å²) in [4.78, 5) is 44.3. The van der Waals surface area contributed by atoms with Gasteiger partial charge in [-0.25, -0.2) is 0 Å². The maximum Gasteiger partial charge on any atom is 0.317 e. The number of carbonyl (C=O) groups is 4. The summed E-state index contributed by atoms with van der Waals surface area (Å²) in [5.74, 6) is -10.2. The Bertz CT molecular complexity index is 680. The zero-order valence-electron chi connectivity index (χ0n) is 18.2. The van der Waals surface area contributed by atoms with Crippen LogP contribution >= 0.6 is 0 Å². The quantitative estimate of drug-likeness (QED) is 0.131. The normalized spacial score (nSPS) is 14.9. The van der Waals surface area contributed by atoms with E-state index in [9.17, 15) is 29.4 Å². The highest BCUT2D eigenvalue weighted by Crippen LogP contribution is 2.38. The Balaban J connectivity index is 5.76. The Morgan fingerprint density at radius 2 is 1.23 bits per heavy atom. The molecule has 0 bridgehead atoms. The predicted molar refractivity (Wildman–Crippen MR) is 110 cm³/mol. The number of rotatable bonds is 13. The summed E-state index contributed by atoms with van der Waals surface area (Å²) in [6.07, 6.45) is -3.52. The average Bonchev–Trinajstić information content (AvgIpc) is 2.54. The van der Waals surface area contributed by atoms with Crippen LogP contribution in [-0.4, -0.2) is 75.0 Å². The van der Waals surface area contributed by atoms with Gasteiger partial charge in [0.05, 0.1) is 18.0 Å². The Morgan fingerprint density at radius 1 is 0.839 bits per heavy atom. The van der Waals surface area contributed by atoms with Gasteiger partial charge in [0.25, 0.3) is 0 Å². The smallest absolute Gasteiger partial charge is 0.317 e. The molecule has 0 aromatic rings. The second-order valence-electron chi connectivity index (χ2n) is 8.85. The number of carboxylic acid groups (broad SMARTS) is 4. The van der Waals surface area contributed by atoms with Crippen molar-refractivity contribution >= 4 is 32.2 Å². The maximum absolute atomic E-state index is 11.1. The van der Waals surface area contributed by atoms with Gasteiger partial charge in [0.1, 0.15) is 0 Å². The molecule has 0 aliphatic rings. The van der Waals surface area contributed by atoms with E-state index in [-0.39, 0.29) is 17.2 Å². The van der Waals surface area contributed by atoms with Crippen LogP contribution in [0.3, 0.4) is 0 Å². The molecule has 0 unspecified atom stereocenters. The molecule has 0 fully saturated rings. The van der Waals surface area contributed by atoms with Gasteiger partial charge < -0.3 is 35.1 Å². The molecular formula is C19H32O11Si. The number of aliphatic carboxylic acids is 4. The summed E-state index contributed by atoms with van der Waals surface area (Å²) >= 11 is 0. The summed E-state index contributed by atoms with van der Waals surface area (Å²) in [6.45, 7) is 9.46. The third-order valence-electron chi connectivity index (χ3n) is 5.18. The molecule has 0 saturated heterocycles. The summed E-state index contributed by atoms with van der Waals surface area (Å²) in [5, 5.41) is 56.1. The van der Waals surface area contributed by atoms with Crippen molar-refractivity contribution in [3.05, 3.63) is 11.8 Å². The van der Waals surface area contributed by atoms with Gasteiger partial charge in [-0.15, -0.1) is 0 Å². The molecule has 6 N–H and O–H groups in total. The molecule has 0 heterocycles. The van der Waals surface area contributed by atoms with Crippen LogP contribution < -0.4 is 0 Å². The van der Waals surface area contributed by atoms with E-state index in [2.05, 4.69) is 0 Å². The van der Waals surface area contributed by atoms with Crippen molar-refractivity contribution in [2.75, 3.05) is 0 Å². The van der Waals surface area contributed by atoms with Crippen molar-refractivity contribution in [2.24, 2.45) is 11.8 Å². The molecule has 0 aromatic carbocycles. The molecule has 11 nitrogen and oxygen atoms in total. The first kappa shape index (κ1) is 28.6. The highest BCUT2D eigenvalue weighted by Gasteiger charge is 2.40. The molecule has 178 valence electrons. The van der Waals surface area contributed by atoms with Gasteiger partial charge in [0.15, 0.2) is 11.8 Å². The van der Waals surface area contributed by atoms with E-state index < -0.39 is 69.1 Å². The van der Waals surface area contributed by atoms with E-state index in [4.69, 9.17) is 24.9 Å². The van der Waals surface area contributed by atoms with Gasteiger partial charge in [0, 0.05) is 12.8 Å². The molecule has 12 heteroatoms. The fraction of sp³-hybridized carbons (Fsp3) is 0.684. The molecule has 0 aliphatic heterocycles. The Kier molecular flexibility index (Phi) is 10.4. The lowest BCUT2D eigenvalue weighted by Gasteiger charge is -2.38. The van der Waals surface area contributed by atoms with Crippen molar-refractivity contribution in [1.82, 2.24) is 0 Å². The van der Waals surface area contributed by atoms with E-state index in [1.807, 2.05) is 33.9 Å². The van der Waals surface area contributed by atoms with Crippen molar-refractivity contribution < 1.29 is 54.2 Å². The minimum Gasteiger partial charge on any atom is -0.547 e. The number of hydrogen-bond acceptors (Lipinski definition) is 7. The summed E-state index contributed by atoms with van der Waals surface area (Å²) < 4.78 is 6.04. The zero-order chi connectivity index (χ0) is 24.7. The first-order valence-corrected chi connectivity index (χ1v) is 12.5. The molecule has 0 spiro atoms. The van der Waals surface area contributed by atoms with Crippen LogP contribution in [0.1, 0.15) is 40.0 Å². The summed E-state index contributed by atoms with van der Waals surface area (Å²) in [6, 6.07) is 0. The minimum atomic E-state index is -2.52. The van der Waals surface area contributed by atoms with E-state index >= 15 is 0 Å². The summed E-state index contributed by atoms with van der Waals surface area (Å²) in [5.41, 5.74) is 0. The molecular weight excluding hydrogens is 432 g/mol. The van der Waals surface area contributed by atoms with Gasteiger partial charge in [-0.1, -0.05) is 20.8 Å². The van der Waals surface area contributed by atoms with Crippen molar-refractivity contribution in [3.63, 3.8) is 0 Å². The van der Waals surface area contributed by atoms with Crippen molar-refractivity contribution in [3.8, 4) is 0 Å². The Morgan fingerprint density at radius 3 is 1.58 bits per heavy atom. The van der Waals surface area contributed by atoms with Crippen LogP contribution in [-0.2, 0) is 23.6 Å².